The third kappa shape index (κ3) is 1.47. The van der Waals surface area contributed by atoms with E-state index < -0.39 is 17.4 Å². The first-order valence-electron chi connectivity index (χ1n) is 7.54. The SMILES string of the molecule is CN1C(=O)NC(=O)[C@]2(Cc3ccccc3N3CCC[C@H]32)C1=O. The number of fused-ring (bicyclic) bond motifs is 4. The topological polar surface area (TPSA) is 69.7 Å². The molecule has 22 heavy (non-hydrogen) atoms. The maximum absolute atomic E-state index is 12.9. The van der Waals surface area contributed by atoms with E-state index in [1.165, 1.54) is 7.05 Å². The summed E-state index contributed by atoms with van der Waals surface area (Å²) in [6, 6.07) is 7.09. The maximum Gasteiger partial charge on any atom is 0.330 e. The highest BCUT2D eigenvalue weighted by molar-refractivity contribution is 6.20. The van der Waals surface area contributed by atoms with Crippen molar-refractivity contribution >= 4 is 23.5 Å². The van der Waals surface area contributed by atoms with Crippen LogP contribution in [0.2, 0.25) is 0 Å². The van der Waals surface area contributed by atoms with Crippen molar-refractivity contribution in [1.29, 1.82) is 0 Å². The Morgan fingerprint density at radius 1 is 1.23 bits per heavy atom. The molecule has 2 saturated heterocycles. The number of nitrogens with zero attached hydrogens (tertiary/aromatic N) is 2. The van der Waals surface area contributed by atoms with Crippen LogP contribution < -0.4 is 10.2 Å². The van der Waals surface area contributed by atoms with Crippen LogP contribution in [0.4, 0.5) is 10.5 Å². The first-order valence-corrected chi connectivity index (χ1v) is 7.54. The fraction of sp³-hybridized carbons (Fsp3) is 0.438. The second-order valence-corrected chi connectivity index (χ2v) is 6.25. The van der Waals surface area contributed by atoms with E-state index in [9.17, 15) is 14.4 Å². The average Bonchev–Trinajstić information content (AvgIpc) is 3.01. The molecule has 6 nitrogen and oxygen atoms in total. The summed E-state index contributed by atoms with van der Waals surface area (Å²) in [6.45, 7) is 0.835. The van der Waals surface area contributed by atoms with E-state index in [-0.39, 0.29) is 11.9 Å². The van der Waals surface area contributed by atoms with Gasteiger partial charge in [0.25, 0.3) is 0 Å². The quantitative estimate of drug-likeness (QED) is 0.723. The third-order valence-corrected chi connectivity index (χ3v) is 5.21. The number of para-hydroxylation sites is 1. The molecule has 0 saturated carbocycles. The van der Waals surface area contributed by atoms with Crippen LogP contribution in [0.25, 0.3) is 0 Å². The van der Waals surface area contributed by atoms with Gasteiger partial charge in [-0.3, -0.25) is 19.8 Å². The number of imide groups is 2. The van der Waals surface area contributed by atoms with Gasteiger partial charge in [0.15, 0.2) is 5.41 Å². The molecule has 1 spiro atoms. The number of barbiturate groups is 1. The van der Waals surface area contributed by atoms with E-state index in [1.54, 1.807) is 0 Å². The molecular weight excluding hydrogens is 282 g/mol. The molecule has 0 aliphatic carbocycles. The van der Waals surface area contributed by atoms with Crippen molar-refractivity contribution in [3.63, 3.8) is 0 Å². The van der Waals surface area contributed by atoms with E-state index in [4.69, 9.17) is 0 Å². The highest BCUT2D eigenvalue weighted by Crippen LogP contribution is 2.47. The minimum atomic E-state index is -1.19. The molecular formula is C16H17N3O3. The Kier molecular flexibility index (Phi) is 2.61. The van der Waals surface area contributed by atoms with Crippen LogP contribution in [-0.2, 0) is 16.0 Å². The molecule has 1 aromatic rings. The van der Waals surface area contributed by atoms with Crippen LogP contribution in [0, 0.1) is 5.41 Å². The molecule has 0 radical (unpaired) electrons. The third-order valence-electron chi connectivity index (χ3n) is 5.21. The standard InChI is InChI=1S/C16H17N3O3/c1-18-14(21)16(13(20)17-15(18)22)9-10-5-2-3-6-11(10)19-8-4-7-12(16)19/h2-3,5-6,12H,4,7-9H2,1H3,(H,17,20,22)/t12-,16+/m0/s1. The summed E-state index contributed by atoms with van der Waals surface area (Å²) in [5, 5.41) is 2.36. The van der Waals surface area contributed by atoms with Crippen molar-refractivity contribution in [2.75, 3.05) is 18.5 Å². The number of carbonyl (C=O) groups excluding carboxylic acids is 3. The van der Waals surface area contributed by atoms with Crippen molar-refractivity contribution in [3.8, 4) is 0 Å². The number of carbonyl (C=O) groups is 3. The van der Waals surface area contributed by atoms with E-state index >= 15 is 0 Å². The van der Waals surface area contributed by atoms with Crippen molar-refractivity contribution in [3.05, 3.63) is 29.8 Å². The lowest BCUT2D eigenvalue weighted by atomic mass is 9.68. The van der Waals surface area contributed by atoms with Crippen LogP contribution >= 0.6 is 0 Å². The van der Waals surface area contributed by atoms with E-state index in [2.05, 4.69) is 10.2 Å². The van der Waals surface area contributed by atoms with Gasteiger partial charge in [-0.05, 0) is 30.9 Å². The first kappa shape index (κ1) is 13.3. The molecule has 0 bridgehead atoms. The fourth-order valence-corrected chi connectivity index (χ4v) is 4.16. The molecule has 0 unspecified atom stereocenters. The zero-order valence-corrected chi connectivity index (χ0v) is 12.3. The zero-order chi connectivity index (χ0) is 15.5. The molecule has 4 rings (SSSR count). The minimum Gasteiger partial charge on any atom is -0.367 e. The van der Waals surface area contributed by atoms with Gasteiger partial charge in [0, 0.05) is 19.3 Å². The van der Waals surface area contributed by atoms with Gasteiger partial charge in [-0.1, -0.05) is 18.2 Å². The normalized spacial score (nSPS) is 30.4. The molecule has 3 aliphatic rings. The largest absolute Gasteiger partial charge is 0.367 e. The summed E-state index contributed by atoms with van der Waals surface area (Å²) in [4.78, 5) is 40.5. The van der Waals surface area contributed by atoms with Gasteiger partial charge < -0.3 is 4.90 Å². The van der Waals surface area contributed by atoms with Crippen molar-refractivity contribution in [2.24, 2.45) is 5.41 Å². The van der Waals surface area contributed by atoms with Crippen molar-refractivity contribution in [1.82, 2.24) is 10.2 Å². The monoisotopic (exact) mass is 299 g/mol. The number of hydrogen-bond donors (Lipinski definition) is 1. The molecule has 2 atom stereocenters. The number of benzene rings is 1. The molecule has 2 fully saturated rings. The van der Waals surface area contributed by atoms with E-state index in [0.717, 1.165) is 35.5 Å². The number of amides is 4. The van der Waals surface area contributed by atoms with Crippen LogP contribution in [0.1, 0.15) is 18.4 Å². The van der Waals surface area contributed by atoms with Gasteiger partial charge in [0.05, 0.1) is 6.04 Å². The molecule has 1 N–H and O–H groups in total. The predicted octanol–water partition coefficient (Wildman–Crippen LogP) is 0.906. The van der Waals surface area contributed by atoms with Gasteiger partial charge in [0.1, 0.15) is 0 Å². The predicted molar refractivity (Wildman–Crippen MR) is 79.3 cm³/mol. The smallest absolute Gasteiger partial charge is 0.330 e. The maximum atomic E-state index is 12.9. The Labute approximate surface area is 128 Å². The van der Waals surface area contributed by atoms with Gasteiger partial charge in [0.2, 0.25) is 11.8 Å². The number of urea groups is 1. The molecule has 114 valence electrons. The summed E-state index contributed by atoms with van der Waals surface area (Å²) in [6.07, 6.45) is 2.08. The zero-order valence-electron chi connectivity index (χ0n) is 12.3. The Balaban J connectivity index is 1.90. The Hall–Kier alpha value is -2.37. The number of hydrogen-bond acceptors (Lipinski definition) is 4. The van der Waals surface area contributed by atoms with Gasteiger partial charge in [-0.15, -0.1) is 0 Å². The lowest BCUT2D eigenvalue weighted by Gasteiger charge is -2.48. The van der Waals surface area contributed by atoms with Crippen molar-refractivity contribution in [2.45, 2.75) is 25.3 Å². The second kappa shape index (κ2) is 4.32. The molecule has 1 aromatic carbocycles. The van der Waals surface area contributed by atoms with Gasteiger partial charge >= 0.3 is 6.03 Å². The highest BCUT2D eigenvalue weighted by Gasteiger charge is 2.62. The molecule has 3 heterocycles. The summed E-state index contributed by atoms with van der Waals surface area (Å²) >= 11 is 0. The minimum absolute atomic E-state index is 0.176. The number of nitrogens with one attached hydrogen (secondary N) is 1. The van der Waals surface area contributed by atoms with Crippen LogP contribution in [0.15, 0.2) is 24.3 Å². The highest BCUT2D eigenvalue weighted by atomic mass is 16.2. The Bertz CT molecular complexity index is 702. The number of rotatable bonds is 0. The summed E-state index contributed by atoms with van der Waals surface area (Å²) in [5.41, 5.74) is 0.913. The molecule has 0 aromatic heterocycles. The fourth-order valence-electron chi connectivity index (χ4n) is 4.16. The first-order chi connectivity index (χ1) is 10.6. The second-order valence-electron chi connectivity index (χ2n) is 6.25. The van der Waals surface area contributed by atoms with Gasteiger partial charge in [-0.2, -0.15) is 0 Å². The van der Waals surface area contributed by atoms with Crippen LogP contribution in [-0.4, -0.2) is 42.4 Å². The molecule has 3 aliphatic heterocycles. The average molecular weight is 299 g/mol. The lowest BCUT2D eigenvalue weighted by Crippen LogP contribution is -2.70. The summed E-state index contributed by atoms with van der Waals surface area (Å²) in [7, 11) is 1.44. The lowest BCUT2D eigenvalue weighted by molar-refractivity contribution is -0.152. The Morgan fingerprint density at radius 3 is 2.82 bits per heavy atom. The van der Waals surface area contributed by atoms with E-state index in [1.807, 2.05) is 24.3 Å². The van der Waals surface area contributed by atoms with Crippen molar-refractivity contribution < 1.29 is 14.4 Å². The van der Waals surface area contributed by atoms with E-state index in [0.29, 0.717) is 6.42 Å². The molecule has 6 heteroatoms. The molecule has 4 amide bonds. The Morgan fingerprint density at radius 2 is 2.00 bits per heavy atom. The summed E-state index contributed by atoms with van der Waals surface area (Å²) < 4.78 is 0. The van der Waals surface area contributed by atoms with Gasteiger partial charge in [-0.25, -0.2) is 4.79 Å². The summed E-state index contributed by atoms with van der Waals surface area (Å²) in [5.74, 6) is -0.834. The van der Waals surface area contributed by atoms with Crippen LogP contribution in [0.5, 0.6) is 0 Å². The van der Waals surface area contributed by atoms with Crippen LogP contribution in [0.3, 0.4) is 0 Å². The number of anilines is 1.